The average molecular weight is 362 g/mol. The highest BCUT2D eigenvalue weighted by Crippen LogP contribution is 2.28. The van der Waals surface area contributed by atoms with Crippen molar-refractivity contribution in [2.24, 2.45) is 0 Å². The van der Waals surface area contributed by atoms with Gasteiger partial charge in [0.1, 0.15) is 5.75 Å². The molecule has 4 nitrogen and oxygen atoms in total. The molecule has 1 atom stereocenters. The third kappa shape index (κ3) is 4.51. The fraction of sp³-hybridized carbons (Fsp3) is 0.111. The summed E-state index contributed by atoms with van der Waals surface area (Å²) in [7, 11) is 0. The first-order valence-electron chi connectivity index (χ1n) is 6.97. The zero-order valence-corrected chi connectivity index (χ0v) is 14.2. The number of carboxylic acids is 1. The number of rotatable bonds is 5. The lowest BCUT2D eigenvalue weighted by Crippen LogP contribution is -2.22. The summed E-state index contributed by atoms with van der Waals surface area (Å²) in [4.78, 5) is 10.8. The number of hydrogen-bond acceptors (Lipinski definition) is 3. The number of carboxylic acid groups (broad SMARTS) is 1. The number of ether oxygens (including phenoxy) is 1. The predicted octanol–water partition coefficient (Wildman–Crippen LogP) is 4.91. The van der Waals surface area contributed by atoms with E-state index in [2.05, 4.69) is 6.07 Å². The number of nitrogens with zero attached hydrogens (tertiary/aromatic N) is 1. The Balaban J connectivity index is 2.25. The highest BCUT2D eigenvalue weighted by Gasteiger charge is 2.12. The van der Waals surface area contributed by atoms with Crippen LogP contribution in [0.1, 0.15) is 18.1 Å². The molecule has 0 radical (unpaired) electrons. The van der Waals surface area contributed by atoms with Crippen LogP contribution in [0.25, 0.3) is 11.6 Å². The van der Waals surface area contributed by atoms with E-state index in [0.717, 1.165) is 5.56 Å². The second kappa shape index (κ2) is 7.87. The van der Waals surface area contributed by atoms with E-state index in [9.17, 15) is 10.1 Å². The van der Waals surface area contributed by atoms with Gasteiger partial charge in [-0.1, -0.05) is 41.4 Å². The number of hydrogen-bond donors (Lipinski definition) is 1. The molecule has 0 amide bonds. The largest absolute Gasteiger partial charge is 0.479 e. The standard InChI is InChI=1S/C18H13Cl2NO3/c1-11(18(22)23)24-15-5-2-12(3-6-15)8-13(10-21)16-7-4-14(19)9-17(16)20/h2-9,11H,1H3,(H,22,23)/b13-8-/t11-/m1/s1. The summed E-state index contributed by atoms with van der Waals surface area (Å²) in [6.07, 6.45) is 0.744. The van der Waals surface area contributed by atoms with Crippen LogP contribution < -0.4 is 4.74 Å². The van der Waals surface area contributed by atoms with Crippen molar-refractivity contribution in [1.82, 2.24) is 0 Å². The molecule has 0 fully saturated rings. The number of carbonyl (C=O) groups is 1. The lowest BCUT2D eigenvalue weighted by molar-refractivity contribution is -0.144. The molecule has 0 unspecified atom stereocenters. The van der Waals surface area contributed by atoms with Crippen LogP contribution in [0, 0.1) is 11.3 Å². The third-order valence-corrected chi connectivity index (χ3v) is 3.74. The molecule has 0 aliphatic rings. The predicted molar refractivity (Wildman–Crippen MR) is 94.1 cm³/mol. The zero-order valence-electron chi connectivity index (χ0n) is 12.7. The first-order chi connectivity index (χ1) is 11.4. The van der Waals surface area contributed by atoms with E-state index in [4.69, 9.17) is 33.0 Å². The minimum Gasteiger partial charge on any atom is -0.479 e. The lowest BCUT2D eigenvalue weighted by Gasteiger charge is -2.10. The molecule has 2 aromatic rings. The minimum atomic E-state index is -1.04. The molecule has 0 heterocycles. The lowest BCUT2D eigenvalue weighted by atomic mass is 10.0. The first kappa shape index (κ1) is 17.9. The van der Waals surface area contributed by atoms with Crippen molar-refractivity contribution in [1.29, 1.82) is 5.26 Å². The number of halogens is 2. The normalized spacial score (nSPS) is 12.3. The van der Waals surface area contributed by atoms with Gasteiger partial charge >= 0.3 is 5.97 Å². The number of aliphatic carboxylic acids is 1. The van der Waals surface area contributed by atoms with E-state index in [1.54, 1.807) is 48.5 Å². The van der Waals surface area contributed by atoms with Gasteiger partial charge in [-0.25, -0.2) is 4.79 Å². The molecule has 1 N–H and O–H groups in total. The molecule has 0 saturated heterocycles. The zero-order chi connectivity index (χ0) is 17.7. The summed E-state index contributed by atoms with van der Waals surface area (Å²) < 4.78 is 5.26. The molecule has 0 bridgehead atoms. The molecule has 0 aliphatic carbocycles. The van der Waals surface area contributed by atoms with Crippen LogP contribution in [0.2, 0.25) is 10.0 Å². The van der Waals surface area contributed by atoms with Crippen LogP contribution in [-0.2, 0) is 4.79 Å². The molecule has 122 valence electrons. The quantitative estimate of drug-likeness (QED) is 0.606. The molecule has 0 aliphatic heterocycles. The molecular weight excluding hydrogens is 349 g/mol. The topological polar surface area (TPSA) is 70.3 Å². The van der Waals surface area contributed by atoms with Crippen LogP contribution in [0.4, 0.5) is 0 Å². The van der Waals surface area contributed by atoms with Crippen LogP contribution in [-0.4, -0.2) is 17.2 Å². The second-order valence-electron chi connectivity index (χ2n) is 4.96. The third-order valence-electron chi connectivity index (χ3n) is 3.19. The maximum atomic E-state index is 10.8. The number of allylic oxidation sites excluding steroid dienone is 1. The fourth-order valence-corrected chi connectivity index (χ4v) is 2.45. The van der Waals surface area contributed by atoms with Crippen LogP contribution in [0.15, 0.2) is 42.5 Å². The van der Waals surface area contributed by atoms with Crippen molar-refractivity contribution in [2.75, 3.05) is 0 Å². The van der Waals surface area contributed by atoms with Gasteiger partial charge < -0.3 is 9.84 Å². The van der Waals surface area contributed by atoms with Crippen molar-refractivity contribution in [3.8, 4) is 11.8 Å². The summed E-state index contributed by atoms with van der Waals surface area (Å²) in [5.74, 6) is -0.604. The van der Waals surface area contributed by atoms with Crippen LogP contribution >= 0.6 is 23.2 Å². The van der Waals surface area contributed by atoms with E-state index in [1.165, 1.54) is 6.92 Å². The van der Waals surface area contributed by atoms with Gasteiger partial charge in [0.15, 0.2) is 6.10 Å². The average Bonchev–Trinajstić information content (AvgIpc) is 2.54. The van der Waals surface area contributed by atoms with E-state index in [0.29, 0.717) is 26.9 Å². The van der Waals surface area contributed by atoms with Gasteiger partial charge in [-0.05, 0) is 42.8 Å². The number of nitriles is 1. The van der Waals surface area contributed by atoms with Gasteiger partial charge in [0.2, 0.25) is 0 Å². The van der Waals surface area contributed by atoms with Crippen molar-refractivity contribution in [2.45, 2.75) is 13.0 Å². The van der Waals surface area contributed by atoms with E-state index < -0.39 is 12.1 Å². The summed E-state index contributed by atoms with van der Waals surface area (Å²) in [5, 5.41) is 19.1. The Morgan fingerprint density at radius 3 is 2.46 bits per heavy atom. The van der Waals surface area contributed by atoms with Gasteiger partial charge in [0.05, 0.1) is 16.7 Å². The molecule has 24 heavy (non-hydrogen) atoms. The van der Waals surface area contributed by atoms with E-state index in [1.807, 2.05) is 0 Å². The molecule has 2 aromatic carbocycles. The highest BCUT2D eigenvalue weighted by molar-refractivity contribution is 6.36. The van der Waals surface area contributed by atoms with Gasteiger partial charge in [-0.2, -0.15) is 5.26 Å². The molecule has 0 saturated carbocycles. The fourth-order valence-electron chi connectivity index (χ4n) is 1.94. The van der Waals surface area contributed by atoms with Gasteiger partial charge in [0.25, 0.3) is 0 Å². The van der Waals surface area contributed by atoms with Crippen LogP contribution in [0.5, 0.6) is 5.75 Å². The maximum Gasteiger partial charge on any atom is 0.344 e. The molecule has 0 spiro atoms. The van der Waals surface area contributed by atoms with Crippen LogP contribution in [0.3, 0.4) is 0 Å². The Morgan fingerprint density at radius 1 is 1.25 bits per heavy atom. The Bertz CT molecular complexity index is 823. The maximum absolute atomic E-state index is 10.8. The smallest absolute Gasteiger partial charge is 0.344 e. The highest BCUT2D eigenvalue weighted by atomic mass is 35.5. The molecule has 0 aromatic heterocycles. The summed E-state index contributed by atoms with van der Waals surface area (Å²) in [6.45, 7) is 1.45. The summed E-state index contributed by atoms with van der Waals surface area (Å²) in [6, 6.07) is 13.8. The SMILES string of the molecule is C[C@@H](Oc1ccc(/C=C(/C#N)c2ccc(Cl)cc2Cl)cc1)C(=O)O. The Kier molecular flexibility index (Phi) is 5.86. The monoisotopic (exact) mass is 361 g/mol. The van der Waals surface area contributed by atoms with Crippen molar-refractivity contribution < 1.29 is 14.6 Å². The van der Waals surface area contributed by atoms with Crippen molar-refractivity contribution in [3.05, 3.63) is 63.6 Å². The summed E-state index contributed by atoms with van der Waals surface area (Å²) in [5.41, 5.74) is 1.74. The second-order valence-corrected chi connectivity index (χ2v) is 5.80. The van der Waals surface area contributed by atoms with Gasteiger partial charge in [-0.3, -0.25) is 0 Å². The molecule has 6 heteroatoms. The van der Waals surface area contributed by atoms with E-state index in [-0.39, 0.29) is 0 Å². The Hall–Kier alpha value is -2.48. The van der Waals surface area contributed by atoms with Gasteiger partial charge in [-0.15, -0.1) is 0 Å². The minimum absolute atomic E-state index is 0.393. The van der Waals surface area contributed by atoms with E-state index >= 15 is 0 Å². The molecule has 2 rings (SSSR count). The number of benzene rings is 2. The Labute approximate surface area is 149 Å². The Morgan fingerprint density at radius 2 is 1.92 bits per heavy atom. The molecular formula is C18H13Cl2NO3. The van der Waals surface area contributed by atoms with Gasteiger partial charge in [0, 0.05) is 10.6 Å². The van der Waals surface area contributed by atoms with Crippen molar-refractivity contribution in [3.63, 3.8) is 0 Å². The first-order valence-corrected chi connectivity index (χ1v) is 7.73. The van der Waals surface area contributed by atoms with Crippen molar-refractivity contribution >= 4 is 40.8 Å². The summed E-state index contributed by atoms with van der Waals surface area (Å²) >= 11 is 12.0.